The van der Waals surface area contributed by atoms with Crippen LogP contribution in [0, 0.1) is 11.8 Å². The minimum atomic E-state index is -0.136. The smallest absolute Gasteiger partial charge is 0.220 e. The Balaban J connectivity index is 0.000000250. The lowest BCUT2D eigenvalue weighted by Crippen LogP contribution is -2.35. The summed E-state index contributed by atoms with van der Waals surface area (Å²) in [5.41, 5.74) is 11.2. The van der Waals surface area contributed by atoms with Crippen molar-refractivity contribution in [2.75, 3.05) is 0 Å². The van der Waals surface area contributed by atoms with Crippen molar-refractivity contribution in [1.29, 1.82) is 0 Å². The van der Waals surface area contributed by atoms with Gasteiger partial charge in [-0.1, -0.05) is 13.0 Å². The predicted octanol–water partition coefficient (Wildman–Crippen LogP) is 2.10. The highest BCUT2D eigenvalue weighted by Gasteiger charge is 2.27. The summed E-state index contributed by atoms with van der Waals surface area (Å²) in [5.74, 6) is 0.587. The summed E-state index contributed by atoms with van der Waals surface area (Å²) < 4.78 is 0. The molecule has 106 valence electrons. The molecular weight excluding hydrogens is 238 g/mol. The third-order valence-electron chi connectivity index (χ3n) is 3.82. The molecule has 1 unspecified atom stereocenters. The monoisotopic (exact) mass is 263 g/mol. The van der Waals surface area contributed by atoms with Gasteiger partial charge in [0, 0.05) is 24.4 Å². The van der Waals surface area contributed by atoms with Crippen molar-refractivity contribution in [2.45, 2.75) is 45.1 Å². The van der Waals surface area contributed by atoms with Crippen molar-refractivity contribution in [3.63, 3.8) is 0 Å². The van der Waals surface area contributed by atoms with Crippen LogP contribution < -0.4 is 11.5 Å². The highest BCUT2D eigenvalue weighted by molar-refractivity contribution is 5.76. The van der Waals surface area contributed by atoms with E-state index < -0.39 is 0 Å². The van der Waals surface area contributed by atoms with Crippen molar-refractivity contribution in [2.24, 2.45) is 23.3 Å². The number of aromatic nitrogens is 1. The first kappa shape index (κ1) is 15.6. The molecule has 0 spiro atoms. The molecule has 1 amide bonds. The molecule has 2 rings (SSSR count). The van der Waals surface area contributed by atoms with Crippen LogP contribution in [0.1, 0.15) is 39.0 Å². The molecule has 0 bridgehead atoms. The minimum absolute atomic E-state index is 0.111. The maximum atomic E-state index is 10.9. The van der Waals surface area contributed by atoms with Crippen LogP contribution >= 0.6 is 0 Å². The highest BCUT2D eigenvalue weighted by Crippen LogP contribution is 2.30. The number of hydrogen-bond donors (Lipinski definition) is 2. The van der Waals surface area contributed by atoms with Gasteiger partial charge in [0.1, 0.15) is 0 Å². The zero-order chi connectivity index (χ0) is 14.1. The molecule has 1 aromatic rings. The van der Waals surface area contributed by atoms with Gasteiger partial charge >= 0.3 is 0 Å². The molecule has 1 aliphatic carbocycles. The minimum Gasteiger partial charge on any atom is -0.369 e. The lowest BCUT2D eigenvalue weighted by Gasteiger charge is -2.30. The molecule has 4 heteroatoms. The Kier molecular flexibility index (Phi) is 7.11. The van der Waals surface area contributed by atoms with Crippen LogP contribution in [0.25, 0.3) is 0 Å². The van der Waals surface area contributed by atoms with E-state index in [1.165, 1.54) is 0 Å². The topological polar surface area (TPSA) is 82.0 Å². The van der Waals surface area contributed by atoms with Gasteiger partial charge < -0.3 is 11.5 Å². The van der Waals surface area contributed by atoms with Gasteiger partial charge in [-0.2, -0.15) is 0 Å². The van der Waals surface area contributed by atoms with Gasteiger partial charge in [-0.05, 0) is 50.2 Å². The molecule has 4 N–H and O–H groups in total. The highest BCUT2D eigenvalue weighted by atomic mass is 16.1. The maximum absolute atomic E-state index is 10.9. The summed E-state index contributed by atoms with van der Waals surface area (Å²) in [5, 5.41) is 0. The predicted molar refractivity (Wildman–Crippen MR) is 77.1 cm³/mol. The second-order valence-electron chi connectivity index (χ2n) is 5.11. The third kappa shape index (κ3) is 5.83. The number of nitrogens with two attached hydrogens (primary N) is 2. The van der Waals surface area contributed by atoms with E-state index in [1.54, 1.807) is 12.4 Å². The quantitative estimate of drug-likeness (QED) is 0.876. The van der Waals surface area contributed by atoms with Gasteiger partial charge in [-0.15, -0.1) is 0 Å². The first-order valence-corrected chi connectivity index (χ1v) is 7.05. The van der Waals surface area contributed by atoms with Crippen LogP contribution in [-0.2, 0) is 4.79 Å². The van der Waals surface area contributed by atoms with Crippen molar-refractivity contribution in [3.8, 4) is 0 Å². The van der Waals surface area contributed by atoms with Gasteiger partial charge in [0.2, 0.25) is 5.91 Å². The average molecular weight is 263 g/mol. The molecular formula is C15H25N3O. The van der Waals surface area contributed by atoms with Crippen LogP contribution in [0.3, 0.4) is 0 Å². The molecule has 19 heavy (non-hydrogen) atoms. The number of pyridine rings is 1. The third-order valence-corrected chi connectivity index (χ3v) is 3.82. The van der Waals surface area contributed by atoms with Crippen molar-refractivity contribution in [1.82, 2.24) is 4.98 Å². The summed E-state index contributed by atoms with van der Waals surface area (Å²) in [7, 11) is 0. The van der Waals surface area contributed by atoms with E-state index in [4.69, 9.17) is 11.5 Å². The molecule has 1 saturated carbocycles. The summed E-state index contributed by atoms with van der Waals surface area (Å²) in [6, 6.07) is 6.03. The Morgan fingerprint density at radius 2 is 1.79 bits per heavy atom. The summed E-state index contributed by atoms with van der Waals surface area (Å²) in [6.07, 6.45) is 8.55. The van der Waals surface area contributed by atoms with E-state index in [0.717, 1.165) is 32.1 Å². The normalized spacial score (nSPS) is 23.9. The SMILES string of the molecule is CCC(N)C1CCC(C(N)=O)CC1.c1ccncc1. The first-order valence-electron chi connectivity index (χ1n) is 7.05. The molecule has 1 fully saturated rings. The first-order chi connectivity index (χ1) is 9.15. The number of amides is 1. The summed E-state index contributed by atoms with van der Waals surface area (Å²) in [4.78, 5) is 14.7. The van der Waals surface area contributed by atoms with E-state index in [9.17, 15) is 4.79 Å². The van der Waals surface area contributed by atoms with Gasteiger partial charge in [0.25, 0.3) is 0 Å². The van der Waals surface area contributed by atoms with Crippen LogP contribution in [0.15, 0.2) is 30.6 Å². The second-order valence-corrected chi connectivity index (χ2v) is 5.11. The van der Waals surface area contributed by atoms with Crippen LogP contribution in [0.5, 0.6) is 0 Å². The van der Waals surface area contributed by atoms with Gasteiger partial charge in [-0.25, -0.2) is 0 Å². The number of primary amides is 1. The molecule has 1 atom stereocenters. The molecule has 1 aromatic heterocycles. The standard InChI is InChI=1S/C10H20N2O.C5H5N/c1-2-9(11)7-3-5-8(6-4-7)10(12)13;1-2-4-6-5-3-1/h7-9H,2-6,11H2,1H3,(H2,12,13);1-5H. The fraction of sp³-hybridized carbons (Fsp3) is 0.600. The fourth-order valence-corrected chi connectivity index (χ4v) is 2.48. The zero-order valence-corrected chi connectivity index (χ0v) is 11.7. The Bertz CT molecular complexity index is 321. The molecule has 0 aromatic carbocycles. The van der Waals surface area contributed by atoms with Gasteiger partial charge in [0.15, 0.2) is 0 Å². The number of rotatable bonds is 3. The van der Waals surface area contributed by atoms with Gasteiger partial charge in [-0.3, -0.25) is 9.78 Å². The Morgan fingerprint density at radius 3 is 2.11 bits per heavy atom. The second kappa shape index (κ2) is 8.64. The van der Waals surface area contributed by atoms with Crippen molar-refractivity contribution in [3.05, 3.63) is 30.6 Å². The van der Waals surface area contributed by atoms with E-state index in [-0.39, 0.29) is 11.8 Å². The van der Waals surface area contributed by atoms with Crippen LogP contribution in [-0.4, -0.2) is 16.9 Å². The lowest BCUT2D eigenvalue weighted by molar-refractivity contribution is -0.123. The van der Waals surface area contributed by atoms with Crippen LogP contribution in [0.4, 0.5) is 0 Å². The van der Waals surface area contributed by atoms with E-state index in [2.05, 4.69) is 11.9 Å². The number of nitrogens with zero attached hydrogens (tertiary/aromatic N) is 1. The Hall–Kier alpha value is -1.42. The fourth-order valence-electron chi connectivity index (χ4n) is 2.48. The molecule has 4 nitrogen and oxygen atoms in total. The molecule has 0 saturated heterocycles. The number of hydrogen-bond acceptors (Lipinski definition) is 3. The maximum Gasteiger partial charge on any atom is 0.220 e. The number of carbonyl (C=O) groups excluding carboxylic acids is 1. The molecule has 1 heterocycles. The lowest BCUT2D eigenvalue weighted by atomic mass is 9.78. The molecule has 1 aliphatic rings. The average Bonchev–Trinajstić information content (AvgIpc) is 2.49. The van der Waals surface area contributed by atoms with Crippen molar-refractivity contribution < 1.29 is 4.79 Å². The Morgan fingerprint density at radius 1 is 1.21 bits per heavy atom. The van der Waals surface area contributed by atoms with E-state index in [1.807, 2.05) is 18.2 Å². The summed E-state index contributed by atoms with van der Waals surface area (Å²) >= 11 is 0. The van der Waals surface area contributed by atoms with Crippen LogP contribution in [0.2, 0.25) is 0 Å². The summed E-state index contributed by atoms with van der Waals surface area (Å²) in [6.45, 7) is 2.12. The van der Waals surface area contributed by atoms with Gasteiger partial charge in [0.05, 0.1) is 0 Å². The molecule has 0 aliphatic heterocycles. The zero-order valence-electron chi connectivity index (χ0n) is 11.7. The largest absolute Gasteiger partial charge is 0.369 e. The van der Waals surface area contributed by atoms with Crippen molar-refractivity contribution >= 4 is 5.91 Å². The molecule has 0 radical (unpaired) electrons. The number of carbonyl (C=O) groups is 1. The Labute approximate surface area is 115 Å². The van der Waals surface area contributed by atoms with E-state index >= 15 is 0 Å². The van der Waals surface area contributed by atoms with E-state index in [0.29, 0.717) is 12.0 Å².